The highest BCUT2D eigenvalue weighted by Crippen LogP contribution is 2.65. The molecule has 2 heteroatoms. The number of aliphatic carboxylic acids is 1. The van der Waals surface area contributed by atoms with Gasteiger partial charge in [-0.15, -0.1) is 0 Å². The monoisotopic (exact) mass is 344 g/mol. The third-order valence-electron chi connectivity index (χ3n) is 8.52. The molecule has 25 heavy (non-hydrogen) atoms. The number of allylic oxidation sites excluding steroid dienone is 3. The second kappa shape index (κ2) is 6.59. The fourth-order valence-corrected chi connectivity index (χ4v) is 6.76. The van der Waals surface area contributed by atoms with Crippen molar-refractivity contribution in [3.05, 3.63) is 23.3 Å². The van der Waals surface area contributed by atoms with Crippen LogP contribution < -0.4 is 0 Å². The molecule has 0 amide bonds. The van der Waals surface area contributed by atoms with Crippen molar-refractivity contribution >= 4 is 5.97 Å². The third kappa shape index (κ3) is 2.71. The molecule has 0 heterocycles. The van der Waals surface area contributed by atoms with Crippen molar-refractivity contribution in [3.8, 4) is 0 Å². The second-order valence-electron chi connectivity index (χ2n) is 9.19. The molecule has 3 unspecified atom stereocenters. The van der Waals surface area contributed by atoms with Crippen molar-refractivity contribution in [3.63, 3.8) is 0 Å². The summed E-state index contributed by atoms with van der Waals surface area (Å²) >= 11 is 0. The molecule has 0 radical (unpaired) electrons. The minimum absolute atomic E-state index is 0.217. The molecule has 1 N–H and O–H groups in total. The SMILES string of the molecule is CC.C[C@H]1CCC2C3CC=C4C=C(C(=O)O)CC[C@]4(C)C3CC[C@@]21C. The van der Waals surface area contributed by atoms with Gasteiger partial charge in [-0.25, -0.2) is 4.79 Å². The number of fused-ring (bicyclic) bond motifs is 5. The highest BCUT2D eigenvalue weighted by molar-refractivity contribution is 5.87. The van der Waals surface area contributed by atoms with Crippen molar-refractivity contribution in [2.75, 3.05) is 0 Å². The van der Waals surface area contributed by atoms with Gasteiger partial charge in [0.25, 0.3) is 0 Å². The molecule has 0 aliphatic heterocycles. The van der Waals surface area contributed by atoms with Crippen molar-refractivity contribution in [2.24, 2.45) is 34.5 Å². The molecular weight excluding hydrogens is 308 g/mol. The first kappa shape index (κ1) is 18.7. The maximum Gasteiger partial charge on any atom is 0.331 e. The fourth-order valence-electron chi connectivity index (χ4n) is 6.76. The summed E-state index contributed by atoms with van der Waals surface area (Å²) in [4.78, 5) is 11.3. The zero-order chi connectivity index (χ0) is 18.4. The van der Waals surface area contributed by atoms with Crippen molar-refractivity contribution < 1.29 is 9.90 Å². The summed E-state index contributed by atoms with van der Waals surface area (Å²) in [7, 11) is 0. The van der Waals surface area contributed by atoms with Crippen LogP contribution in [0.4, 0.5) is 0 Å². The zero-order valence-corrected chi connectivity index (χ0v) is 16.8. The molecule has 0 aromatic carbocycles. The van der Waals surface area contributed by atoms with Crippen LogP contribution in [0.2, 0.25) is 0 Å². The van der Waals surface area contributed by atoms with Gasteiger partial charge < -0.3 is 5.11 Å². The molecule has 0 saturated heterocycles. The molecule has 4 aliphatic carbocycles. The Balaban J connectivity index is 0.000000880. The van der Waals surface area contributed by atoms with Gasteiger partial charge in [-0.3, -0.25) is 0 Å². The largest absolute Gasteiger partial charge is 0.478 e. The van der Waals surface area contributed by atoms with E-state index >= 15 is 0 Å². The van der Waals surface area contributed by atoms with E-state index in [0.29, 0.717) is 11.0 Å². The average Bonchev–Trinajstić information content (AvgIpc) is 2.91. The third-order valence-corrected chi connectivity index (χ3v) is 8.52. The lowest BCUT2D eigenvalue weighted by Gasteiger charge is -2.57. The van der Waals surface area contributed by atoms with Crippen LogP contribution >= 0.6 is 0 Å². The summed E-state index contributed by atoms with van der Waals surface area (Å²) in [6.07, 6.45) is 12.9. The van der Waals surface area contributed by atoms with Gasteiger partial charge in [0.1, 0.15) is 0 Å². The number of hydrogen-bond acceptors (Lipinski definition) is 1. The average molecular weight is 345 g/mol. The predicted molar refractivity (Wildman–Crippen MR) is 103 cm³/mol. The van der Waals surface area contributed by atoms with Crippen LogP contribution in [0.15, 0.2) is 23.3 Å². The van der Waals surface area contributed by atoms with Crippen LogP contribution in [0, 0.1) is 34.5 Å². The van der Waals surface area contributed by atoms with Gasteiger partial charge in [-0.05, 0) is 91.1 Å². The fraction of sp³-hybridized carbons (Fsp3) is 0.783. The number of carboxylic acid groups (broad SMARTS) is 1. The minimum atomic E-state index is -0.726. The molecule has 140 valence electrons. The van der Waals surface area contributed by atoms with Gasteiger partial charge in [-0.1, -0.05) is 40.7 Å². The quantitative estimate of drug-likeness (QED) is 0.612. The molecule has 6 atom stereocenters. The van der Waals surface area contributed by atoms with Crippen molar-refractivity contribution in [2.45, 2.75) is 79.6 Å². The van der Waals surface area contributed by atoms with Crippen LogP contribution in [0.1, 0.15) is 79.6 Å². The van der Waals surface area contributed by atoms with Crippen LogP contribution in [-0.4, -0.2) is 11.1 Å². The topological polar surface area (TPSA) is 37.3 Å². The van der Waals surface area contributed by atoms with E-state index in [9.17, 15) is 9.90 Å². The van der Waals surface area contributed by atoms with Gasteiger partial charge in [-0.2, -0.15) is 0 Å². The van der Waals surface area contributed by atoms with Crippen molar-refractivity contribution in [1.82, 2.24) is 0 Å². The summed E-state index contributed by atoms with van der Waals surface area (Å²) in [5, 5.41) is 9.34. The molecule has 4 rings (SSSR count). The van der Waals surface area contributed by atoms with Crippen molar-refractivity contribution in [1.29, 1.82) is 0 Å². The van der Waals surface area contributed by atoms with Gasteiger partial charge in [0.2, 0.25) is 0 Å². The van der Waals surface area contributed by atoms with Crippen LogP contribution in [0.25, 0.3) is 0 Å². The standard InChI is InChI=1S/C21H30O2.C2H6/c1-13-4-7-17-16-6-5-15-12-14(19(22)23)8-10-21(15,3)18(16)9-11-20(13,17)2;1-2/h5,12-13,16-18H,4,6-11H2,1-3H3,(H,22,23);1-2H3/t13-,16?,17?,18?,20+,21-;/m0./s1. The maximum atomic E-state index is 11.3. The molecule has 0 aromatic heterocycles. The summed E-state index contributed by atoms with van der Waals surface area (Å²) in [5.41, 5.74) is 2.72. The van der Waals surface area contributed by atoms with E-state index in [4.69, 9.17) is 0 Å². The van der Waals surface area contributed by atoms with Gasteiger partial charge in [0.05, 0.1) is 0 Å². The molecular formula is C23H36O2. The van der Waals surface area contributed by atoms with Gasteiger partial charge in [0, 0.05) is 5.57 Å². The number of carboxylic acids is 1. The first-order valence-corrected chi connectivity index (χ1v) is 10.5. The lowest BCUT2D eigenvalue weighted by molar-refractivity contribution is -0.133. The summed E-state index contributed by atoms with van der Waals surface area (Å²) in [6.45, 7) is 11.4. The van der Waals surface area contributed by atoms with Gasteiger partial charge in [0.15, 0.2) is 0 Å². The normalized spacial score (nSPS) is 45.0. The lowest BCUT2D eigenvalue weighted by Crippen LogP contribution is -2.49. The Hall–Kier alpha value is -1.05. The Morgan fingerprint density at radius 1 is 1.12 bits per heavy atom. The summed E-state index contributed by atoms with van der Waals surface area (Å²) in [5.74, 6) is 2.62. The number of rotatable bonds is 1. The summed E-state index contributed by atoms with van der Waals surface area (Å²) in [6, 6.07) is 0. The Morgan fingerprint density at radius 3 is 2.52 bits per heavy atom. The van der Waals surface area contributed by atoms with Crippen LogP contribution in [-0.2, 0) is 4.79 Å². The molecule has 0 spiro atoms. The predicted octanol–water partition coefficient (Wildman–Crippen LogP) is 6.23. The van der Waals surface area contributed by atoms with E-state index in [2.05, 4.69) is 26.8 Å². The Bertz CT molecular complexity index is 601. The van der Waals surface area contributed by atoms with E-state index in [-0.39, 0.29) is 5.41 Å². The first-order chi connectivity index (χ1) is 11.9. The van der Waals surface area contributed by atoms with E-state index in [1.807, 2.05) is 19.9 Å². The van der Waals surface area contributed by atoms with E-state index in [1.54, 1.807) is 0 Å². The van der Waals surface area contributed by atoms with E-state index in [0.717, 1.165) is 36.5 Å². The zero-order valence-electron chi connectivity index (χ0n) is 16.8. The Labute approximate surface area is 153 Å². The number of carbonyl (C=O) groups is 1. The summed E-state index contributed by atoms with van der Waals surface area (Å²) < 4.78 is 0. The molecule has 0 aromatic rings. The Kier molecular flexibility index (Phi) is 4.94. The highest BCUT2D eigenvalue weighted by atomic mass is 16.4. The lowest BCUT2D eigenvalue weighted by atomic mass is 9.48. The Morgan fingerprint density at radius 2 is 1.84 bits per heavy atom. The molecule has 0 bridgehead atoms. The molecule has 2 fully saturated rings. The smallest absolute Gasteiger partial charge is 0.331 e. The van der Waals surface area contributed by atoms with Crippen LogP contribution in [0.5, 0.6) is 0 Å². The first-order valence-electron chi connectivity index (χ1n) is 10.5. The minimum Gasteiger partial charge on any atom is -0.478 e. The highest BCUT2D eigenvalue weighted by Gasteiger charge is 2.57. The second-order valence-corrected chi connectivity index (χ2v) is 9.19. The van der Waals surface area contributed by atoms with Gasteiger partial charge >= 0.3 is 5.97 Å². The molecule has 2 saturated carbocycles. The maximum absolute atomic E-state index is 11.3. The molecule has 4 aliphatic rings. The van der Waals surface area contributed by atoms with E-state index < -0.39 is 5.97 Å². The molecule has 2 nitrogen and oxygen atoms in total. The number of hydrogen-bond donors (Lipinski definition) is 1. The van der Waals surface area contributed by atoms with Crippen LogP contribution in [0.3, 0.4) is 0 Å². The van der Waals surface area contributed by atoms with E-state index in [1.165, 1.54) is 37.7 Å².